The second-order valence-electron chi connectivity index (χ2n) is 2.69. The zero-order chi connectivity index (χ0) is 12.2. The fourth-order valence-electron chi connectivity index (χ4n) is 0.651. The predicted molar refractivity (Wildman–Crippen MR) is 45.2 cm³/mol. The molecular weight excluding hydrogens is 233 g/mol. The lowest BCUT2D eigenvalue weighted by Crippen LogP contribution is -2.46. The van der Waals surface area contributed by atoms with E-state index in [1.807, 2.05) is 0 Å². The molecule has 1 amide bonds. The lowest BCUT2D eigenvalue weighted by Gasteiger charge is -2.20. The Kier molecular flexibility index (Phi) is 5.32. The standard InChI is InChI=1S/C5H12NO8P/c6-5(10)4(9)3(8)2(7)1-14-15(11,12)13/h2-4,7-9H,1H2,(H2,6,10)(H2,11,12,13)/t2-,3-,4-/m0/s1. The molecule has 0 fully saturated rings. The number of primary amides is 1. The van der Waals surface area contributed by atoms with Gasteiger partial charge in [0.25, 0.3) is 0 Å². The molecule has 0 saturated carbocycles. The van der Waals surface area contributed by atoms with E-state index >= 15 is 0 Å². The van der Waals surface area contributed by atoms with Crippen LogP contribution in [0.5, 0.6) is 0 Å². The van der Waals surface area contributed by atoms with Crippen molar-refractivity contribution in [2.45, 2.75) is 18.3 Å². The summed E-state index contributed by atoms with van der Waals surface area (Å²) in [5.41, 5.74) is 4.60. The van der Waals surface area contributed by atoms with Gasteiger partial charge in [-0.2, -0.15) is 0 Å². The predicted octanol–water partition coefficient (Wildman–Crippen LogP) is -3.34. The first-order valence-corrected chi connectivity index (χ1v) is 5.22. The minimum atomic E-state index is -4.78. The maximum atomic E-state index is 10.4. The Morgan fingerprint density at radius 2 is 1.80 bits per heavy atom. The first-order chi connectivity index (χ1) is 6.65. The number of rotatable bonds is 6. The number of phosphoric ester groups is 1. The molecule has 0 heterocycles. The molecular formula is C5H12NO8P. The molecule has 0 aliphatic rings. The van der Waals surface area contributed by atoms with E-state index in [-0.39, 0.29) is 0 Å². The zero-order valence-corrected chi connectivity index (χ0v) is 8.32. The minimum Gasteiger partial charge on any atom is -0.388 e. The summed E-state index contributed by atoms with van der Waals surface area (Å²) in [6.07, 6.45) is -5.87. The van der Waals surface area contributed by atoms with Gasteiger partial charge in [-0.25, -0.2) is 4.57 Å². The Hall–Kier alpha value is -0.540. The maximum absolute atomic E-state index is 10.4. The van der Waals surface area contributed by atoms with Crippen molar-refractivity contribution in [2.75, 3.05) is 6.61 Å². The van der Waals surface area contributed by atoms with Gasteiger partial charge in [-0.15, -0.1) is 0 Å². The Bertz CT molecular complexity index is 264. The third kappa shape index (κ3) is 5.80. The molecule has 0 rings (SSSR count). The summed E-state index contributed by atoms with van der Waals surface area (Å²) in [5, 5.41) is 26.9. The third-order valence-corrected chi connectivity index (χ3v) is 1.91. The average Bonchev–Trinajstić information content (AvgIpc) is 2.10. The van der Waals surface area contributed by atoms with Crippen LogP contribution in [0.3, 0.4) is 0 Å². The molecule has 0 spiro atoms. The summed E-state index contributed by atoms with van der Waals surface area (Å²) in [5.74, 6) is -1.28. The van der Waals surface area contributed by atoms with Crippen LogP contribution < -0.4 is 5.73 Å². The van der Waals surface area contributed by atoms with Gasteiger partial charge in [0.2, 0.25) is 5.91 Å². The molecule has 0 aromatic carbocycles. The van der Waals surface area contributed by atoms with Gasteiger partial charge in [0.1, 0.15) is 12.2 Å². The number of aliphatic hydroxyl groups is 3. The zero-order valence-electron chi connectivity index (χ0n) is 7.42. The van der Waals surface area contributed by atoms with Gasteiger partial charge in [-0.05, 0) is 0 Å². The van der Waals surface area contributed by atoms with Crippen LogP contribution in [0.1, 0.15) is 0 Å². The molecule has 9 nitrogen and oxygen atoms in total. The van der Waals surface area contributed by atoms with Crippen LogP contribution in [-0.2, 0) is 13.9 Å². The van der Waals surface area contributed by atoms with Gasteiger partial charge < -0.3 is 30.8 Å². The first kappa shape index (κ1) is 14.5. The fraction of sp³-hybridized carbons (Fsp3) is 0.800. The number of aliphatic hydroxyl groups excluding tert-OH is 3. The lowest BCUT2D eigenvalue weighted by atomic mass is 10.1. The van der Waals surface area contributed by atoms with E-state index in [2.05, 4.69) is 10.3 Å². The number of phosphoric acid groups is 1. The Morgan fingerprint density at radius 3 is 2.13 bits per heavy atom. The monoisotopic (exact) mass is 245 g/mol. The Morgan fingerprint density at radius 1 is 1.33 bits per heavy atom. The van der Waals surface area contributed by atoms with Crippen molar-refractivity contribution in [1.29, 1.82) is 0 Å². The van der Waals surface area contributed by atoms with Crippen LogP contribution >= 0.6 is 7.82 Å². The first-order valence-electron chi connectivity index (χ1n) is 3.68. The number of nitrogens with two attached hydrogens (primary N) is 1. The van der Waals surface area contributed by atoms with Crippen LogP contribution in [-0.4, -0.2) is 55.9 Å². The van der Waals surface area contributed by atoms with Crippen LogP contribution in [0.4, 0.5) is 0 Å². The number of amides is 1. The van der Waals surface area contributed by atoms with Crippen molar-refractivity contribution >= 4 is 13.7 Å². The molecule has 3 atom stereocenters. The van der Waals surface area contributed by atoms with E-state index in [0.29, 0.717) is 0 Å². The Labute approximate surface area is 84.3 Å². The molecule has 0 aliphatic heterocycles. The molecule has 0 bridgehead atoms. The van der Waals surface area contributed by atoms with Crippen molar-refractivity contribution < 1.29 is 39.0 Å². The van der Waals surface area contributed by atoms with E-state index in [1.165, 1.54) is 0 Å². The summed E-state index contributed by atoms with van der Waals surface area (Å²) in [7, 11) is -4.78. The number of carbonyl (C=O) groups is 1. The summed E-state index contributed by atoms with van der Waals surface area (Å²) in [6, 6.07) is 0. The van der Waals surface area contributed by atoms with Gasteiger partial charge in [-0.1, -0.05) is 0 Å². The van der Waals surface area contributed by atoms with E-state index < -0.39 is 38.6 Å². The topological polar surface area (TPSA) is 171 Å². The molecule has 15 heavy (non-hydrogen) atoms. The van der Waals surface area contributed by atoms with Crippen molar-refractivity contribution in [3.05, 3.63) is 0 Å². The molecule has 0 radical (unpaired) electrons. The summed E-state index contributed by atoms with van der Waals surface area (Å²) in [4.78, 5) is 26.8. The van der Waals surface area contributed by atoms with Gasteiger partial charge in [-0.3, -0.25) is 9.32 Å². The second kappa shape index (κ2) is 5.52. The molecule has 7 N–H and O–H groups in total. The van der Waals surface area contributed by atoms with Crippen LogP contribution in [0.2, 0.25) is 0 Å². The van der Waals surface area contributed by atoms with Crippen LogP contribution in [0, 0.1) is 0 Å². The largest absolute Gasteiger partial charge is 0.469 e. The molecule has 0 aromatic heterocycles. The highest BCUT2D eigenvalue weighted by Gasteiger charge is 2.30. The van der Waals surface area contributed by atoms with Gasteiger partial charge >= 0.3 is 7.82 Å². The quantitative estimate of drug-likeness (QED) is 0.264. The van der Waals surface area contributed by atoms with Crippen molar-refractivity contribution in [3.63, 3.8) is 0 Å². The highest BCUT2D eigenvalue weighted by Crippen LogP contribution is 2.35. The second-order valence-corrected chi connectivity index (χ2v) is 3.93. The molecule has 90 valence electrons. The summed E-state index contributed by atoms with van der Waals surface area (Å²) < 4.78 is 14.0. The lowest BCUT2D eigenvalue weighted by molar-refractivity contribution is -0.138. The van der Waals surface area contributed by atoms with E-state index in [0.717, 1.165) is 0 Å². The smallest absolute Gasteiger partial charge is 0.388 e. The molecule has 0 saturated heterocycles. The summed E-state index contributed by atoms with van der Waals surface area (Å²) in [6.45, 7) is -0.949. The molecule has 10 heteroatoms. The average molecular weight is 245 g/mol. The van der Waals surface area contributed by atoms with E-state index in [4.69, 9.17) is 25.1 Å². The number of carbonyl (C=O) groups excluding carboxylic acids is 1. The molecule has 0 unspecified atom stereocenters. The van der Waals surface area contributed by atoms with Gasteiger partial charge in [0.15, 0.2) is 6.10 Å². The minimum absolute atomic E-state index is 0.949. The van der Waals surface area contributed by atoms with Crippen molar-refractivity contribution in [1.82, 2.24) is 0 Å². The SMILES string of the molecule is NC(=O)[C@@H](O)[C@@H](O)[C@@H](O)COP(=O)(O)O. The van der Waals surface area contributed by atoms with Crippen LogP contribution in [0.15, 0.2) is 0 Å². The molecule has 0 aliphatic carbocycles. The number of hydrogen-bond donors (Lipinski definition) is 6. The summed E-state index contributed by atoms with van der Waals surface area (Å²) >= 11 is 0. The molecule has 0 aromatic rings. The van der Waals surface area contributed by atoms with Gasteiger partial charge in [0, 0.05) is 0 Å². The van der Waals surface area contributed by atoms with E-state index in [1.54, 1.807) is 0 Å². The number of hydrogen-bond acceptors (Lipinski definition) is 6. The van der Waals surface area contributed by atoms with Crippen molar-refractivity contribution in [3.8, 4) is 0 Å². The fourth-order valence-corrected chi connectivity index (χ4v) is 0.998. The highest BCUT2D eigenvalue weighted by molar-refractivity contribution is 7.46. The normalized spacial score (nSPS) is 18.2. The van der Waals surface area contributed by atoms with Gasteiger partial charge in [0.05, 0.1) is 6.61 Å². The van der Waals surface area contributed by atoms with E-state index in [9.17, 15) is 9.36 Å². The van der Waals surface area contributed by atoms with Crippen LogP contribution in [0.25, 0.3) is 0 Å². The third-order valence-electron chi connectivity index (χ3n) is 1.42. The maximum Gasteiger partial charge on any atom is 0.469 e. The Balaban J connectivity index is 4.16. The highest BCUT2D eigenvalue weighted by atomic mass is 31.2. The van der Waals surface area contributed by atoms with Crippen molar-refractivity contribution in [2.24, 2.45) is 5.73 Å².